The van der Waals surface area contributed by atoms with Gasteiger partial charge in [0.05, 0.1) is 5.56 Å². The molecule has 3 aliphatic rings. The molecule has 0 radical (unpaired) electrons. The second-order valence-corrected chi connectivity index (χ2v) is 9.06. The topological polar surface area (TPSA) is 50.9 Å². The molecule has 1 aromatic heterocycles. The van der Waals surface area contributed by atoms with Crippen LogP contribution in [0, 0.1) is 0 Å². The van der Waals surface area contributed by atoms with Gasteiger partial charge in [-0.15, -0.1) is 10.2 Å². The van der Waals surface area contributed by atoms with E-state index in [1.54, 1.807) is 11.6 Å². The molecule has 7 heteroatoms. The summed E-state index contributed by atoms with van der Waals surface area (Å²) in [6.45, 7) is 0. The summed E-state index contributed by atoms with van der Waals surface area (Å²) in [6, 6.07) is 13.9. The molecule has 3 saturated carbocycles. The zero-order valence-corrected chi connectivity index (χ0v) is 17.3. The van der Waals surface area contributed by atoms with Gasteiger partial charge in [0.2, 0.25) is 0 Å². The van der Waals surface area contributed by atoms with E-state index in [-0.39, 0.29) is 22.2 Å². The van der Waals surface area contributed by atoms with E-state index in [1.807, 2.05) is 6.07 Å². The van der Waals surface area contributed by atoms with Crippen LogP contribution in [0.5, 0.6) is 5.75 Å². The molecule has 1 N–H and O–H groups in total. The van der Waals surface area contributed by atoms with Crippen molar-refractivity contribution in [2.45, 2.75) is 55.5 Å². The molecule has 2 bridgehead atoms. The molecule has 0 amide bonds. The van der Waals surface area contributed by atoms with Crippen molar-refractivity contribution in [2.75, 3.05) is 0 Å². The number of rotatable bonds is 3. The Morgan fingerprint density at radius 2 is 1.48 bits per heavy atom. The van der Waals surface area contributed by atoms with Crippen LogP contribution in [0.3, 0.4) is 0 Å². The number of phenolic OH excluding ortho intramolecular Hbond substituents is 1. The van der Waals surface area contributed by atoms with E-state index in [0.717, 1.165) is 50.4 Å². The minimum Gasteiger partial charge on any atom is -0.508 e. The third-order valence-corrected chi connectivity index (χ3v) is 7.53. The molecule has 3 fully saturated rings. The highest BCUT2D eigenvalue weighted by Gasteiger charge is 2.52. The number of alkyl halides is 3. The maximum Gasteiger partial charge on any atom is 0.417 e. The largest absolute Gasteiger partial charge is 0.508 e. The monoisotopic (exact) mass is 427 g/mol. The normalized spacial score (nSPS) is 25.7. The van der Waals surface area contributed by atoms with Crippen LogP contribution in [0.15, 0.2) is 48.5 Å². The fourth-order valence-electron chi connectivity index (χ4n) is 5.73. The number of hydrogen-bond donors (Lipinski definition) is 1. The molecular weight excluding hydrogens is 403 g/mol. The zero-order valence-electron chi connectivity index (χ0n) is 17.3. The third-order valence-electron chi connectivity index (χ3n) is 7.53. The van der Waals surface area contributed by atoms with Crippen molar-refractivity contribution in [3.8, 4) is 17.1 Å². The van der Waals surface area contributed by atoms with Gasteiger partial charge >= 0.3 is 6.18 Å². The number of aromatic hydroxyl groups is 1. The van der Waals surface area contributed by atoms with Crippen molar-refractivity contribution >= 4 is 0 Å². The van der Waals surface area contributed by atoms with Crippen LogP contribution in [-0.4, -0.2) is 19.9 Å². The molecule has 4 nitrogen and oxygen atoms in total. The van der Waals surface area contributed by atoms with E-state index >= 15 is 0 Å². The van der Waals surface area contributed by atoms with E-state index < -0.39 is 17.5 Å². The average Bonchev–Trinajstić information content (AvgIpc) is 3.17. The van der Waals surface area contributed by atoms with Gasteiger partial charge in [0, 0.05) is 18.0 Å². The molecule has 31 heavy (non-hydrogen) atoms. The minimum atomic E-state index is -4.59. The highest BCUT2D eigenvalue weighted by atomic mass is 19.4. The van der Waals surface area contributed by atoms with Crippen LogP contribution in [0.25, 0.3) is 11.4 Å². The Kier molecular flexibility index (Phi) is 4.43. The van der Waals surface area contributed by atoms with Gasteiger partial charge in [-0.05, 0) is 67.7 Å². The SMILES string of the molecule is Cn1c(-c2ccc(O)cc2C(F)(F)F)nnc1C12CCC(c3ccccc3)(CC1)CC2. The predicted molar refractivity (Wildman–Crippen MR) is 111 cm³/mol. The van der Waals surface area contributed by atoms with Crippen molar-refractivity contribution in [3.63, 3.8) is 0 Å². The van der Waals surface area contributed by atoms with E-state index in [0.29, 0.717) is 0 Å². The first-order chi connectivity index (χ1) is 14.7. The van der Waals surface area contributed by atoms with Gasteiger partial charge in [-0.1, -0.05) is 30.3 Å². The van der Waals surface area contributed by atoms with Gasteiger partial charge in [0.15, 0.2) is 5.82 Å². The standard InChI is InChI=1S/C24H24F3N3O/c1-30-20(18-8-7-17(31)15-19(18)24(25,26)27)28-29-21(30)23-12-9-22(10-13-23,11-14-23)16-5-3-2-4-6-16/h2-8,15,31H,9-14H2,1H3. The molecule has 6 rings (SSSR count). The molecule has 2 aromatic carbocycles. The molecule has 0 spiro atoms. The van der Waals surface area contributed by atoms with E-state index in [9.17, 15) is 18.3 Å². The van der Waals surface area contributed by atoms with Crippen LogP contribution in [-0.2, 0) is 24.1 Å². The lowest BCUT2D eigenvalue weighted by molar-refractivity contribution is -0.137. The summed E-state index contributed by atoms with van der Waals surface area (Å²) in [5.74, 6) is 0.529. The summed E-state index contributed by atoms with van der Waals surface area (Å²) in [5, 5.41) is 18.2. The van der Waals surface area contributed by atoms with Crippen molar-refractivity contribution in [2.24, 2.45) is 7.05 Å². The molecule has 0 unspecified atom stereocenters. The molecule has 0 aliphatic heterocycles. The highest BCUT2D eigenvalue weighted by molar-refractivity contribution is 5.63. The number of phenols is 1. The Morgan fingerprint density at radius 1 is 0.871 bits per heavy atom. The van der Waals surface area contributed by atoms with Gasteiger partial charge in [-0.3, -0.25) is 0 Å². The molecule has 3 aromatic rings. The summed E-state index contributed by atoms with van der Waals surface area (Å²) in [5.41, 5.74) is 0.480. The Morgan fingerprint density at radius 3 is 2.10 bits per heavy atom. The molecule has 1 heterocycles. The number of hydrogen-bond acceptors (Lipinski definition) is 3. The molecule has 0 saturated heterocycles. The van der Waals surface area contributed by atoms with Crippen LogP contribution >= 0.6 is 0 Å². The quantitative estimate of drug-likeness (QED) is 0.579. The Labute approximate surface area is 178 Å². The van der Waals surface area contributed by atoms with Crippen LogP contribution in [0.1, 0.15) is 55.5 Å². The Balaban J connectivity index is 1.49. The van der Waals surface area contributed by atoms with E-state index in [1.165, 1.54) is 17.7 Å². The van der Waals surface area contributed by atoms with E-state index in [4.69, 9.17) is 0 Å². The summed E-state index contributed by atoms with van der Waals surface area (Å²) in [4.78, 5) is 0. The number of benzene rings is 2. The smallest absolute Gasteiger partial charge is 0.417 e. The molecule has 0 atom stereocenters. The van der Waals surface area contributed by atoms with Gasteiger partial charge in [-0.25, -0.2) is 0 Å². The maximum atomic E-state index is 13.6. The zero-order chi connectivity index (χ0) is 21.9. The first-order valence-electron chi connectivity index (χ1n) is 10.6. The van der Waals surface area contributed by atoms with E-state index in [2.05, 4.69) is 34.5 Å². The minimum absolute atomic E-state index is 0.0619. The molecule has 3 aliphatic carbocycles. The summed E-state index contributed by atoms with van der Waals surface area (Å²) >= 11 is 0. The molecular formula is C24H24F3N3O. The van der Waals surface area contributed by atoms with Crippen molar-refractivity contribution in [1.82, 2.24) is 14.8 Å². The van der Waals surface area contributed by atoms with Crippen LogP contribution in [0.4, 0.5) is 13.2 Å². The number of nitrogens with zero attached hydrogens (tertiary/aromatic N) is 3. The predicted octanol–water partition coefficient (Wildman–Crippen LogP) is 5.75. The number of aromatic nitrogens is 3. The number of fused-ring (bicyclic) bond motifs is 3. The fraction of sp³-hybridized carbons (Fsp3) is 0.417. The lowest BCUT2D eigenvalue weighted by atomic mass is 9.51. The van der Waals surface area contributed by atoms with Crippen molar-refractivity contribution in [1.29, 1.82) is 0 Å². The highest BCUT2D eigenvalue weighted by Crippen LogP contribution is 2.58. The van der Waals surface area contributed by atoms with Crippen molar-refractivity contribution in [3.05, 3.63) is 65.5 Å². The van der Waals surface area contributed by atoms with Gasteiger partial charge in [0.25, 0.3) is 0 Å². The maximum absolute atomic E-state index is 13.6. The van der Waals surface area contributed by atoms with Crippen LogP contribution in [0.2, 0.25) is 0 Å². The van der Waals surface area contributed by atoms with Crippen LogP contribution < -0.4 is 0 Å². The first kappa shape index (κ1) is 20.1. The van der Waals surface area contributed by atoms with Crippen molar-refractivity contribution < 1.29 is 18.3 Å². The molecule has 162 valence electrons. The first-order valence-corrected chi connectivity index (χ1v) is 10.6. The summed E-state index contributed by atoms with van der Waals surface area (Å²) < 4.78 is 42.5. The van der Waals surface area contributed by atoms with Gasteiger partial charge < -0.3 is 9.67 Å². The lowest BCUT2D eigenvalue weighted by Crippen LogP contribution is -2.47. The Hall–Kier alpha value is -2.83. The number of halogens is 3. The second kappa shape index (κ2) is 6.84. The Bertz CT molecular complexity index is 1100. The second-order valence-electron chi connectivity index (χ2n) is 9.06. The van der Waals surface area contributed by atoms with Gasteiger partial charge in [0.1, 0.15) is 11.6 Å². The summed E-state index contributed by atoms with van der Waals surface area (Å²) in [7, 11) is 1.75. The summed E-state index contributed by atoms with van der Waals surface area (Å²) in [6.07, 6.45) is 1.41. The average molecular weight is 427 g/mol. The lowest BCUT2D eigenvalue weighted by Gasteiger charge is -2.53. The fourth-order valence-corrected chi connectivity index (χ4v) is 5.73. The van der Waals surface area contributed by atoms with Gasteiger partial charge in [-0.2, -0.15) is 13.2 Å². The third kappa shape index (κ3) is 3.13.